The van der Waals surface area contributed by atoms with Crippen LogP contribution in [0.3, 0.4) is 0 Å². The second kappa shape index (κ2) is 13.0. The minimum Gasteiger partial charge on any atom is -0.462 e. The van der Waals surface area contributed by atoms with Gasteiger partial charge in [-0.05, 0) is 62.1 Å². The second-order valence-corrected chi connectivity index (χ2v) is 9.24. The largest absolute Gasteiger partial charge is 0.598 e. The summed E-state index contributed by atoms with van der Waals surface area (Å²) in [5.74, 6) is -0.390. The number of phosphoric acid groups is 1. The third kappa shape index (κ3) is 9.09. The van der Waals surface area contributed by atoms with Gasteiger partial charge in [0.25, 0.3) is 0 Å². The first-order valence-electron chi connectivity index (χ1n) is 10.3. The minimum atomic E-state index is -4.06. The van der Waals surface area contributed by atoms with E-state index in [0.29, 0.717) is 24.0 Å². The molecule has 2 aromatic rings. The first kappa shape index (κ1) is 27.2. The fourth-order valence-electron chi connectivity index (χ4n) is 2.51. The van der Waals surface area contributed by atoms with Crippen molar-refractivity contribution < 1.29 is 36.6 Å². The Morgan fingerprint density at radius 3 is 1.41 bits per heavy atom. The van der Waals surface area contributed by atoms with Crippen molar-refractivity contribution in [3.63, 3.8) is 0 Å². The van der Waals surface area contributed by atoms with Crippen molar-refractivity contribution >= 4 is 32.7 Å². The van der Waals surface area contributed by atoms with Crippen LogP contribution >= 0.6 is 20.7 Å². The number of rotatable bonds is 13. The van der Waals surface area contributed by atoms with E-state index < -0.39 is 19.8 Å². The number of carbonyl (C=O) groups excluding carboxylic acids is 2. The summed E-state index contributed by atoms with van der Waals surface area (Å²) in [6.45, 7) is 10.6. The Morgan fingerprint density at radius 2 is 1.12 bits per heavy atom. The molecule has 0 radical (unpaired) electrons. The van der Waals surface area contributed by atoms with Crippen LogP contribution in [0.25, 0.3) is 0 Å². The summed E-state index contributed by atoms with van der Waals surface area (Å²) < 4.78 is 38.5. The van der Waals surface area contributed by atoms with Crippen LogP contribution in [-0.2, 0) is 40.4 Å². The minimum absolute atomic E-state index is 0.208. The summed E-state index contributed by atoms with van der Waals surface area (Å²) in [4.78, 5) is 22.8. The first-order chi connectivity index (χ1) is 16.1. The summed E-state index contributed by atoms with van der Waals surface area (Å²) in [6, 6.07) is 13.3. The predicted molar refractivity (Wildman–Crippen MR) is 131 cm³/mol. The maximum atomic E-state index is 12.8. The van der Waals surface area contributed by atoms with Gasteiger partial charge in [0, 0.05) is 24.0 Å². The van der Waals surface area contributed by atoms with E-state index in [1.165, 1.54) is 0 Å². The molecule has 10 heteroatoms. The Kier molecular flexibility index (Phi) is 10.4. The molecule has 0 saturated heterocycles. The van der Waals surface area contributed by atoms with Gasteiger partial charge in [0.15, 0.2) is 0 Å². The molecule has 0 unspecified atom stereocenters. The lowest BCUT2D eigenvalue weighted by molar-refractivity contribution is -0.139. The molecular weight excluding hydrogens is 479 g/mol. The van der Waals surface area contributed by atoms with Crippen molar-refractivity contribution in [2.24, 2.45) is 0 Å². The van der Waals surface area contributed by atoms with Crippen LogP contribution in [0.4, 0.5) is 0 Å². The standard InChI is InChI=1S/C24H27O8PS/c1-17(2)23(25)28-15-13-19-5-9-21(10-6-19)30-33(27,32-34)31-22-11-7-20(8-12-22)14-16-29-24(26)18(3)4/h5-12,34H,1,3,13-16H2,2,4H3. The van der Waals surface area contributed by atoms with Gasteiger partial charge in [0.05, 0.1) is 13.2 Å². The number of hydrogen-bond donors (Lipinski definition) is 1. The van der Waals surface area contributed by atoms with Gasteiger partial charge in [-0.1, -0.05) is 37.4 Å². The van der Waals surface area contributed by atoms with E-state index >= 15 is 0 Å². The third-order valence-corrected chi connectivity index (χ3v) is 5.99. The smallest absolute Gasteiger partial charge is 0.462 e. The van der Waals surface area contributed by atoms with Crippen LogP contribution < -0.4 is 9.05 Å². The van der Waals surface area contributed by atoms with E-state index in [0.717, 1.165) is 11.1 Å². The van der Waals surface area contributed by atoms with Crippen molar-refractivity contribution in [2.45, 2.75) is 26.7 Å². The number of benzene rings is 2. The van der Waals surface area contributed by atoms with Gasteiger partial charge >= 0.3 is 19.8 Å². The summed E-state index contributed by atoms with van der Waals surface area (Å²) in [5.41, 5.74) is 2.44. The van der Waals surface area contributed by atoms with E-state index in [1.54, 1.807) is 62.4 Å². The molecule has 8 nitrogen and oxygen atoms in total. The van der Waals surface area contributed by atoms with Crippen LogP contribution in [0, 0.1) is 0 Å². The molecule has 34 heavy (non-hydrogen) atoms. The SMILES string of the molecule is C=C(C)C(=O)OCCc1ccc(OP(=O)(OS)Oc2ccc(CCOC(=O)C(=C)C)cc2)cc1. The summed E-state index contributed by atoms with van der Waals surface area (Å²) >= 11 is 3.64. The summed E-state index contributed by atoms with van der Waals surface area (Å²) in [7, 11) is -4.06. The molecule has 0 saturated carbocycles. The zero-order valence-corrected chi connectivity index (χ0v) is 20.8. The molecule has 0 fully saturated rings. The Morgan fingerprint density at radius 1 is 0.765 bits per heavy atom. The van der Waals surface area contributed by atoms with Crippen molar-refractivity contribution in [3.05, 3.63) is 84.0 Å². The number of thiol groups is 1. The van der Waals surface area contributed by atoms with Crippen LogP contribution in [0.1, 0.15) is 25.0 Å². The Hall–Kier alpha value is -3.00. The number of carbonyl (C=O) groups is 2. The van der Waals surface area contributed by atoms with E-state index in [2.05, 4.69) is 26.1 Å². The lowest BCUT2D eigenvalue weighted by Crippen LogP contribution is -2.08. The predicted octanol–water partition coefficient (Wildman–Crippen LogP) is 5.44. The Labute approximate surface area is 204 Å². The van der Waals surface area contributed by atoms with Crippen molar-refractivity contribution in [2.75, 3.05) is 13.2 Å². The van der Waals surface area contributed by atoms with E-state index in [9.17, 15) is 14.2 Å². The van der Waals surface area contributed by atoms with Crippen molar-refractivity contribution in [1.29, 1.82) is 0 Å². The quantitative estimate of drug-likeness (QED) is 0.126. The van der Waals surface area contributed by atoms with Gasteiger partial charge in [-0.15, -0.1) is 0 Å². The zero-order valence-electron chi connectivity index (χ0n) is 19.0. The maximum absolute atomic E-state index is 12.8. The molecule has 0 heterocycles. The molecule has 0 bridgehead atoms. The van der Waals surface area contributed by atoms with Gasteiger partial charge in [-0.2, -0.15) is 3.97 Å². The van der Waals surface area contributed by atoms with Crippen LogP contribution in [-0.4, -0.2) is 25.2 Å². The molecule has 182 valence electrons. The van der Waals surface area contributed by atoms with Gasteiger partial charge in [0.2, 0.25) is 0 Å². The van der Waals surface area contributed by atoms with E-state index in [-0.39, 0.29) is 24.7 Å². The summed E-state index contributed by atoms with van der Waals surface area (Å²) in [6.07, 6.45) is 0.991. The molecule has 0 aromatic heterocycles. The Balaban J connectivity index is 1.89. The molecular formula is C24H27O8PS. The molecule has 0 aliphatic rings. The lowest BCUT2D eigenvalue weighted by atomic mass is 10.1. The number of ether oxygens (including phenoxy) is 2. The molecule has 0 aliphatic carbocycles. The molecule has 0 atom stereocenters. The zero-order chi connectivity index (χ0) is 25.1. The highest BCUT2D eigenvalue weighted by Crippen LogP contribution is 2.50. The fourth-order valence-corrected chi connectivity index (χ4v) is 3.58. The molecule has 2 aromatic carbocycles. The monoisotopic (exact) mass is 506 g/mol. The van der Waals surface area contributed by atoms with Crippen molar-refractivity contribution in [1.82, 2.24) is 0 Å². The van der Waals surface area contributed by atoms with E-state index in [4.69, 9.17) is 22.5 Å². The van der Waals surface area contributed by atoms with Crippen LogP contribution in [0.5, 0.6) is 11.5 Å². The highest BCUT2D eigenvalue weighted by atomic mass is 32.1. The highest BCUT2D eigenvalue weighted by Gasteiger charge is 2.30. The summed E-state index contributed by atoms with van der Waals surface area (Å²) in [5, 5.41) is 0. The van der Waals surface area contributed by atoms with Gasteiger partial charge in [-0.25, -0.2) is 14.2 Å². The lowest BCUT2D eigenvalue weighted by Gasteiger charge is -2.16. The molecule has 2 rings (SSSR count). The third-order valence-electron chi connectivity index (χ3n) is 4.33. The maximum Gasteiger partial charge on any atom is 0.598 e. The topological polar surface area (TPSA) is 97.4 Å². The van der Waals surface area contributed by atoms with E-state index in [1.807, 2.05) is 0 Å². The molecule has 0 spiro atoms. The number of phosphoric ester groups is 1. The van der Waals surface area contributed by atoms with Gasteiger partial charge in [-0.3, -0.25) is 0 Å². The molecule has 0 amide bonds. The number of hydrogen-bond acceptors (Lipinski definition) is 9. The molecule has 0 aliphatic heterocycles. The Bertz CT molecular complexity index is 982. The first-order valence-corrected chi connectivity index (χ1v) is 12.1. The van der Waals surface area contributed by atoms with Crippen LogP contribution in [0.15, 0.2) is 72.8 Å². The molecule has 0 N–H and O–H groups in total. The number of esters is 2. The van der Waals surface area contributed by atoms with Gasteiger partial charge < -0.3 is 18.5 Å². The van der Waals surface area contributed by atoms with Gasteiger partial charge in [0.1, 0.15) is 11.5 Å². The fraction of sp³-hybridized carbons (Fsp3) is 0.250. The normalized spacial score (nSPS) is 10.8. The van der Waals surface area contributed by atoms with Crippen LogP contribution in [0.2, 0.25) is 0 Å². The second-order valence-electron chi connectivity index (χ2n) is 7.33. The average molecular weight is 507 g/mol. The van der Waals surface area contributed by atoms with Crippen molar-refractivity contribution in [3.8, 4) is 11.5 Å². The highest BCUT2D eigenvalue weighted by molar-refractivity contribution is 7.80. The average Bonchev–Trinajstić information content (AvgIpc) is 2.81.